The lowest BCUT2D eigenvalue weighted by molar-refractivity contribution is 0.0980. The molecule has 1 fully saturated rings. The molecule has 214 valence electrons. The predicted molar refractivity (Wildman–Crippen MR) is 159 cm³/mol. The van der Waals surface area contributed by atoms with Gasteiger partial charge in [0, 0.05) is 18.7 Å². The van der Waals surface area contributed by atoms with Crippen molar-refractivity contribution in [3.05, 3.63) is 95.1 Å². The summed E-state index contributed by atoms with van der Waals surface area (Å²) < 4.78 is 26.7. The van der Waals surface area contributed by atoms with Gasteiger partial charge in [-0.2, -0.15) is 0 Å². The van der Waals surface area contributed by atoms with Crippen molar-refractivity contribution >= 4 is 15.9 Å². The van der Waals surface area contributed by atoms with Crippen LogP contribution in [0.15, 0.2) is 72.8 Å². The van der Waals surface area contributed by atoms with Gasteiger partial charge < -0.3 is 15.5 Å². The lowest BCUT2D eigenvalue weighted by Crippen LogP contribution is -2.33. The van der Waals surface area contributed by atoms with Crippen molar-refractivity contribution in [2.24, 2.45) is 0 Å². The SMILES string of the molecule is O=C(NS(=O)(=O)CCCO)c1ccc(-c2ccc(CCCNC[C@@H](O)c3ccccc3)cc2)cc1C1CCCC1. The largest absolute Gasteiger partial charge is 0.396 e. The molecule has 3 aromatic carbocycles. The van der Waals surface area contributed by atoms with Crippen LogP contribution >= 0.6 is 0 Å². The second kappa shape index (κ2) is 14.6. The van der Waals surface area contributed by atoms with Crippen LogP contribution in [0, 0.1) is 0 Å². The molecule has 8 heteroatoms. The first-order valence-electron chi connectivity index (χ1n) is 14.2. The number of amides is 1. The third-order valence-corrected chi connectivity index (χ3v) is 8.86. The van der Waals surface area contributed by atoms with Crippen LogP contribution in [0.5, 0.6) is 0 Å². The van der Waals surface area contributed by atoms with Crippen LogP contribution < -0.4 is 10.0 Å². The van der Waals surface area contributed by atoms with Crippen LogP contribution in [0.25, 0.3) is 11.1 Å². The molecule has 4 rings (SSSR count). The van der Waals surface area contributed by atoms with Crippen LogP contribution in [-0.4, -0.2) is 50.0 Å². The van der Waals surface area contributed by atoms with Crippen molar-refractivity contribution in [3.63, 3.8) is 0 Å². The molecule has 4 N–H and O–H groups in total. The Hall–Kier alpha value is -3.04. The minimum absolute atomic E-state index is 0.0843. The van der Waals surface area contributed by atoms with Gasteiger partial charge in [0.25, 0.3) is 5.91 Å². The summed E-state index contributed by atoms with van der Waals surface area (Å²) in [5.74, 6) is -0.663. The fourth-order valence-electron chi connectivity index (χ4n) is 5.34. The fraction of sp³-hybridized carbons (Fsp3) is 0.406. The highest BCUT2D eigenvalue weighted by atomic mass is 32.2. The van der Waals surface area contributed by atoms with Crippen molar-refractivity contribution in [3.8, 4) is 11.1 Å². The molecule has 0 aromatic heterocycles. The average Bonchev–Trinajstić information content (AvgIpc) is 3.51. The van der Waals surface area contributed by atoms with Crippen LogP contribution in [0.2, 0.25) is 0 Å². The molecule has 0 saturated heterocycles. The van der Waals surface area contributed by atoms with E-state index in [9.17, 15) is 18.3 Å². The molecule has 1 aliphatic rings. The minimum Gasteiger partial charge on any atom is -0.396 e. The summed E-state index contributed by atoms with van der Waals surface area (Å²) >= 11 is 0. The van der Waals surface area contributed by atoms with Crippen molar-refractivity contribution in [2.45, 2.75) is 57.0 Å². The Kier molecular flexibility index (Phi) is 10.9. The zero-order valence-electron chi connectivity index (χ0n) is 22.9. The lowest BCUT2D eigenvalue weighted by Gasteiger charge is -2.17. The van der Waals surface area contributed by atoms with Gasteiger partial charge >= 0.3 is 0 Å². The van der Waals surface area contributed by atoms with Crippen LogP contribution in [-0.2, 0) is 16.4 Å². The average molecular weight is 565 g/mol. The van der Waals surface area contributed by atoms with Gasteiger partial charge in [0.2, 0.25) is 10.0 Å². The summed E-state index contributed by atoms with van der Waals surface area (Å²) in [6, 6.07) is 23.7. The second-order valence-electron chi connectivity index (χ2n) is 10.5. The first-order valence-corrected chi connectivity index (χ1v) is 15.8. The van der Waals surface area contributed by atoms with Gasteiger partial charge in [-0.25, -0.2) is 13.1 Å². The Morgan fingerprint density at radius 1 is 0.925 bits per heavy atom. The highest BCUT2D eigenvalue weighted by Crippen LogP contribution is 2.38. The first kappa shape index (κ1) is 29.9. The summed E-state index contributed by atoms with van der Waals surface area (Å²) in [5, 5.41) is 22.6. The Bertz CT molecular complexity index is 1340. The number of aliphatic hydroxyl groups is 2. The highest BCUT2D eigenvalue weighted by molar-refractivity contribution is 7.90. The molecule has 0 bridgehead atoms. The normalized spacial score (nSPS) is 14.8. The van der Waals surface area contributed by atoms with E-state index in [1.807, 2.05) is 42.5 Å². The molecular formula is C32H40N2O5S. The Labute approximate surface area is 237 Å². The molecule has 3 aromatic rings. The topological polar surface area (TPSA) is 116 Å². The van der Waals surface area contributed by atoms with E-state index in [0.29, 0.717) is 12.1 Å². The maximum atomic E-state index is 13.0. The number of carbonyl (C=O) groups is 1. The molecule has 0 spiro atoms. The van der Waals surface area contributed by atoms with Gasteiger partial charge in [-0.05, 0) is 78.5 Å². The fourth-order valence-corrected chi connectivity index (χ4v) is 6.34. The molecule has 0 heterocycles. The van der Waals surface area contributed by atoms with Crippen molar-refractivity contribution in [1.29, 1.82) is 0 Å². The van der Waals surface area contributed by atoms with E-state index in [4.69, 9.17) is 5.11 Å². The molecule has 7 nitrogen and oxygen atoms in total. The second-order valence-corrected chi connectivity index (χ2v) is 12.4. The Morgan fingerprint density at radius 2 is 1.62 bits per heavy atom. The molecule has 1 amide bonds. The summed E-state index contributed by atoms with van der Waals surface area (Å²) in [7, 11) is -3.80. The monoisotopic (exact) mass is 564 g/mol. The van der Waals surface area contributed by atoms with Crippen molar-refractivity contribution < 1.29 is 23.4 Å². The maximum absolute atomic E-state index is 13.0. The summed E-state index contributed by atoms with van der Waals surface area (Å²) in [5.41, 5.74) is 5.51. The van der Waals surface area contributed by atoms with Crippen molar-refractivity contribution in [2.75, 3.05) is 25.4 Å². The first-order chi connectivity index (χ1) is 19.4. The van der Waals surface area contributed by atoms with Gasteiger partial charge in [-0.3, -0.25) is 4.79 Å². The Balaban J connectivity index is 1.37. The molecule has 1 aliphatic carbocycles. The van der Waals surface area contributed by atoms with Gasteiger partial charge in [0.1, 0.15) is 0 Å². The predicted octanol–water partition coefficient (Wildman–Crippen LogP) is 4.71. The highest BCUT2D eigenvalue weighted by Gasteiger charge is 2.25. The third-order valence-electron chi connectivity index (χ3n) is 7.54. The number of hydrogen-bond donors (Lipinski definition) is 4. The van der Waals surface area contributed by atoms with E-state index >= 15 is 0 Å². The van der Waals surface area contributed by atoms with Crippen LogP contribution in [0.4, 0.5) is 0 Å². The molecule has 40 heavy (non-hydrogen) atoms. The molecule has 0 aliphatic heterocycles. The summed E-state index contributed by atoms with van der Waals surface area (Å²) in [6.07, 6.45) is 5.61. The van der Waals surface area contributed by atoms with E-state index < -0.39 is 22.0 Å². The van der Waals surface area contributed by atoms with Crippen LogP contribution in [0.3, 0.4) is 0 Å². The number of hydrogen-bond acceptors (Lipinski definition) is 6. The molecule has 0 unspecified atom stereocenters. The third kappa shape index (κ3) is 8.48. The number of carbonyl (C=O) groups excluding carboxylic acids is 1. The van der Waals surface area contributed by atoms with Crippen molar-refractivity contribution in [1.82, 2.24) is 10.0 Å². The van der Waals surface area contributed by atoms with Gasteiger partial charge in [0.15, 0.2) is 0 Å². The number of aliphatic hydroxyl groups excluding tert-OH is 2. The number of sulfonamides is 1. The summed E-state index contributed by atoms with van der Waals surface area (Å²) in [4.78, 5) is 13.0. The number of aryl methyl sites for hydroxylation is 1. The number of benzene rings is 3. The number of nitrogens with one attached hydrogen (secondary N) is 2. The molecule has 1 saturated carbocycles. The Morgan fingerprint density at radius 3 is 2.33 bits per heavy atom. The smallest absolute Gasteiger partial charge is 0.265 e. The summed E-state index contributed by atoms with van der Waals surface area (Å²) in [6.45, 7) is 1.09. The van der Waals surface area contributed by atoms with E-state index in [-0.39, 0.29) is 24.7 Å². The molecular weight excluding hydrogens is 524 g/mol. The zero-order valence-corrected chi connectivity index (χ0v) is 23.7. The minimum atomic E-state index is -3.80. The van der Waals surface area contributed by atoms with E-state index in [1.54, 1.807) is 6.07 Å². The molecule has 0 radical (unpaired) electrons. The zero-order chi connectivity index (χ0) is 28.4. The maximum Gasteiger partial charge on any atom is 0.265 e. The van der Waals surface area contributed by atoms with Gasteiger partial charge in [-0.1, -0.05) is 79.6 Å². The van der Waals surface area contributed by atoms with E-state index in [1.165, 1.54) is 5.56 Å². The number of rotatable bonds is 14. The van der Waals surface area contributed by atoms with Gasteiger partial charge in [-0.15, -0.1) is 0 Å². The standard InChI is InChI=1S/C32H40N2O5S/c35-20-7-21-40(38,39)34-32(37)29-18-17-28(22-30(29)26-9-4-5-10-26)25-15-13-24(14-16-25)8-6-19-33-23-31(36)27-11-2-1-3-12-27/h1-3,11-18,22,26,31,33,35-36H,4-10,19-21,23H2,(H,34,37)/t31-/m1/s1. The van der Waals surface area contributed by atoms with Crippen LogP contribution in [0.1, 0.15) is 77.6 Å². The van der Waals surface area contributed by atoms with E-state index in [0.717, 1.165) is 67.3 Å². The van der Waals surface area contributed by atoms with E-state index in [2.05, 4.69) is 34.3 Å². The lowest BCUT2D eigenvalue weighted by atomic mass is 9.89. The molecule has 1 atom stereocenters. The quantitative estimate of drug-likeness (QED) is 0.211. The van der Waals surface area contributed by atoms with Gasteiger partial charge in [0.05, 0.1) is 11.9 Å².